The molecule has 0 amide bonds. The first-order valence-electron chi connectivity index (χ1n) is 7.48. The molecule has 0 saturated heterocycles. The minimum Gasteiger partial charge on any atom is -0.361 e. The van der Waals surface area contributed by atoms with Gasteiger partial charge in [0, 0.05) is 29.2 Å². The summed E-state index contributed by atoms with van der Waals surface area (Å²) in [5, 5.41) is 4.70. The van der Waals surface area contributed by atoms with Gasteiger partial charge >= 0.3 is 0 Å². The zero-order valence-electron chi connectivity index (χ0n) is 11.9. The maximum absolute atomic E-state index is 3.40. The molecule has 1 aliphatic heterocycles. The lowest BCUT2D eigenvalue weighted by Crippen LogP contribution is -2.19. The lowest BCUT2D eigenvalue weighted by molar-refractivity contribution is 0.739. The van der Waals surface area contributed by atoms with Gasteiger partial charge in [-0.15, -0.1) is 0 Å². The van der Waals surface area contributed by atoms with E-state index in [0.29, 0.717) is 0 Å². The second-order valence-electron chi connectivity index (χ2n) is 5.51. The molecule has 2 heterocycles. The number of nitrogens with one attached hydrogen (secondary N) is 2. The van der Waals surface area contributed by atoms with E-state index in [9.17, 15) is 0 Å². The molecule has 2 heteroatoms. The summed E-state index contributed by atoms with van der Waals surface area (Å²) in [5.41, 5.74) is 6.56. The minimum atomic E-state index is 0.973. The predicted octanol–water partition coefficient (Wildman–Crippen LogP) is 4.21. The SMILES string of the molecule is C1=C(c2c[nH]c3ccc(-c4ccccc4)cc23)CCNC1. The first-order chi connectivity index (χ1) is 10.4. The van der Waals surface area contributed by atoms with E-state index in [1.807, 2.05) is 0 Å². The molecule has 0 fully saturated rings. The fourth-order valence-electron chi connectivity index (χ4n) is 3.06. The van der Waals surface area contributed by atoms with E-state index in [1.54, 1.807) is 0 Å². The number of fused-ring (bicyclic) bond motifs is 1. The van der Waals surface area contributed by atoms with Crippen molar-refractivity contribution in [1.29, 1.82) is 0 Å². The van der Waals surface area contributed by atoms with Crippen LogP contribution >= 0.6 is 0 Å². The van der Waals surface area contributed by atoms with Crippen LogP contribution in [-0.4, -0.2) is 18.1 Å². The number of hydrogen-bond acceptors (Lipinski definition) is 1. The summed E-state index contributed by atoms with van der Waals surface area (Å²) in [7, 11) is 0. The van der Waals surface area contributed by atoms with Gasteiger partial charge in [-0.05, 0) is 41.8 Å². The Bertz CT molecular complexity index is 797. The fraction of sp³-hybridized carbons (Fsp3) is 0.158. The van der Waals surface area contributed by atoms with Crippen molar-refractivity contribution in [3.63, 3.8) is 0 Å². The van der Waals surface area contributed by atoms with Crippen LogP contribution in [0, 0.1) is 0 Å². The standard InChI is InChI=1S/C19H18N2/c1-2-4-14(5-3-1)16-6-7-19-17(12-16)18(13-21-19)15-8-10-20-11-9-15/h1-8,12-13,20-21H,9-11H2. The number of hydrogen-bond donors (Lipinski definition) is 2. The number of aromatic nitrogens is 1. The summed E-state index contributed by atoms with van der Waals surface area (Å²) in [6.45, 7) is 2.04. The lowest BCUT2D eigenvalue weighted by Gasteiger charge is -2.13. The van der Waals surface area contributed by atoms with Gasteiger partial charge in [-0.2, -0.15) is 0 Å². The predicted molar refractivity (Wildman–Crippen MR) is 89.2 cm³/mol. The van der Waals surface area contributed by atoms with E-state index >= 15 is 0 Å². The lowest BCUT2D eigenvalue weighted by atomic mass is 9.97. The van der Waals surface area contributed by atoms with E-state index in [4.69, 9.17) is 0 Å². The molecule has 21 heavy (non-hydrogen) atoms. The molecule has 2 aromatic carbocycles. The summed E-state index contributed by atoms with van der Waals surface area (Å²) >= 11 is 0. The molecule has 0 radical (unpaired) electrons. The largest absolute Gasteiger partial charge is 0.361 e. The zero-order valence-corrected chi connectivity index (χ0v) is 11.9. The first-order valence-corrected chi connectivity index (χ1v) is 7.48. The first kappa shape index (κ1) is 12.4. The van der Waals surface area contributed by atoms with Crippen LogP contribution < -0.4 is 5.32 Å². The second kappa shape index (κ2) is 5.23. The van der Waals surface area contributed by atoms with Crippen LogP contribution in [0.5, 0.6) is 0 Å². The highest BCUT2D eigenvalue weighted by Gasteiger charge is 2.11. The van der Waals surface area contributed by atoms with Crippen molar-refractivity contribution in [2.75, 3.05) is 13.1 Å². The monoisotopic (exact) mass is 274 g/mol. The molecular weight excluding hydrogens is 256 g/mol. The second-order valence-corrected chi connectivity index (χ2v) is 5.51. The Morgan fingerprint density at radius 1 is 0.905 bits per heavy atom. The molecule has 1 aromatic heterocycles. The third-order valence-electron chi connectivity index (χ3n) is 4.20. The molecule has 104 valence electrons. The smallest absolute Gasteiger partial charge is 0.0460 e. The van der Waals surface area contributed by atoms with Gasteiger partial charge in [-0.3, -0.25) is 0 Å². The number of aromatic amines is 1. The van der Waals surface area contributed by atoms with Crippen LogP contribution in [0.4, 0.5) is 0 Å². The third-order valence-corrected chi connectivity index (χ3v) is 4.20. The molecule has 0 unspecified atom stereocenters. The highest BCUT2D eigenvalue weighted by Crippen LogP contribution is 2.31. The summed E-state index contributed by atoms with van der Waals surface area (Å²) < 4.78 is 0. The average Bonchev–Trinajstić information content (AvgIpc) is 2.99. The molecule has 0 spiro atoms. The van der Waals surface area contributed by atoms with Crippen molar-refractivity contribution in [1.82, 2.24) is 10.3 Å². The van der Waals surface area contributed by atoms with Crippen LogP contribution in [0.1, 0.15) is 12.0 Å². The topological polar surface area (TPSA) is 27.8 Å². The number of rotatable bonds is 2. The fourth-order valence-corrected chi connectivity index (χ4v) is 3.06. The molecule has 0 bridgehead atoms. The highest BCUT2D eigenvalue weighted by molar-refractivity contribution is 5.95. The van der Waals surface area contributed by atoms with Crippen molar-refractivity contribution >= 4 is 16.5 Å². The summed E-state index contributed by atoms with van der Waals surface area (Å²) in [6, 6.07) is 17.2. The Balaban J connectivity index is 1.85. The van der Waals surface area contributed by atoms with Gasteiger partial charge in [-0.1, -0.05) is 42.5 Å². The molecule has 0 atom stereocenters. The third kappa shape index (κ3) is 2.28. The van der Waals surface area contributed by atoms with Crippen molar-refractivity contribution in [2.24, 2.45) is 0 Å². The quantitative estimate of drug-likeness (QED) is 0.719. The van der Waals surface area contributed by atoms with Crippen molar-refractivity contribution in [3.05, 3.63) is 66.4 Å². The molecule has 2 N–H and O–H groups in total. The van der Waals surface area contributed by atoms with Crippen molar-refractivity contribution in [2.45, 2.75) is 6.42 Å². The average molecular weight is 274 g/mol. The minimum absolute atomic E-state index is 0.973. The zero-order chi connectivity index (χ0) is 14.1. The van der Waals surface area contributed by atoms with Gasteiger partial charge in [0.15, 0.2) is 0 Å². The van der Waals surface area contributed by atoms with Crippen LogP contribution in [0.3, 0.4) is 0 Å². The summed E-state index contributed by atoms with van der Waals surface area (Å²) in [4.78, 5) is 3.40. The molecule has 0 aliphatic carbocycles. The Morgan fingerprint density at radius 3 is 2.62 bits per heavy atom. The van der Waals surface area contributed by atoms with Gasteiger partial charge < -0.3 is 10.3 Å². The van der Waals surface area contributed by atoms with E-state index in [0.717, 1.165) is 19.5 Å². The summed E-state index contributed by atoms with van der Waals surface area (Å²) in [5.74, 6) is 0. The number of H-pyrrole nitrogens is 1. The number of benzene rings is 2. The van der Waals surface area contributed by atoms with Gasteiger partial charge in [0.2, 0.25) is 0 Å². The van der Waals surface area contributed by atoms with E-state index in [1.165, 1.54) is 33.2 Å². The van der Waals surface area contributed by atoms with Crippen molar-refractivity contribution in [3.8, 4) is 11.1 Å². The van der Waals surface area contributed by atoms with Crippen molar-refractivity contribution < 1.29 is 0 Å². The normalized spacial score (nSPS) is 15.1. The highest BCUT2D eigenvalue weighted by atomic mass is 14.8. The van der Waals surface area contributed by atoms with Gasteiger partial charge in [0.25, 0.3) is 0 Å². The van der Waals surface area contributed by atoms with Crippen LogP contribution in [0.2, 0.25) is 0 Å². The molecule has 4 rings (SSSR count). The Labute approximate surface area is 124 Å². The van der Waals surface area contributed by atoms with Crippen LogP contribution in [-0.2, 0) is 0 Å². The van der Waals surface area contributed by atoms with Gasteiger partial charge in [0.1, 0.15) is 0 Å². The van der Waals surface area contributed by atoms with Crippen LogP contribution in [0.15, 0.2) is 60.8 Å². The van der Waals surface area contributed by atoms with E-state index in [-0.39, 0.29) is 0 Å². The van der Waals surface area contributed by atoms with Gasteiger partial charge in [0.05, 0.1) is 0 Å². The van der Waals surface area contributed by atoms with Gasteiger partial charge in [-0.25, -0.2) is 0 Å². The molecule has 2 nitrogen and oxygen atoms in total. The molecular formula is C19H18N2. The Morgan fingerprint density at radius 2 is 1.81 bits per heavy atom. The van der Waals surface area contributed by atoms with E-state index < -0.39 is 0 Å². The molecule has 0 saturated carbocycles. The summed E-state index contributed by atoms with van der Waals surface area (Å²) in [6.07, 6.45) is 5.56. The Kier molecular flexibility index (Phi) is 3.09. The Hall–Kier alpha value is -2.32. The van der Waals surface area contributed by atoms with E-state index in [2.05, 4.69) is 71.1 Å². The molecule has 1 aliphatic rings. The molecule has 3 aromatic rings. The maximum Gasteiger partial charge on any atom is 0.0460 e. The van der Waals surface area contributed by atoms with Crippen LogP contribution in [0.25, 0.3) is 27.6 Å². The maximum atomic E-state index is 3.40.